The highest BCUT2D eigenvalue weighted by Crippen LogP contribution is 2.42. The van der Waals surface area contributed by atoms with Crippen molar-refractivity contribution in [2.75, 3.05) is 12.4 Å². The molecule has 0 spiro atoms. The maximum atomic E-state index is 10.5. The van der Waals surface area contributed by atoms with Gasteiger partial charge >= 0.3 is 5.97 Å². The standard InChI is InChI=1S/C22H38O4S/c1-2-3-10-19(24)11-8-12-20-18(14-15-21(20)27-17-16-23)9-6-4-5-7-13-22(25)26/h4,6,8,12,18-21,23-24H,2-3,5,7,9-11,13-17H2,1H3,(H,25,26)/b6-4-,12-8+/t18-,19+,20+,21+/m0/s1. The number of hydrogen-bond donors (Lipinski definition) is 3. The second-order valence-electron chi connectivity index (χ2n) is 7.50. The SMILES string of the molecule is CCCC[C@@H](O)C/C=C/[C@@H]1[C@@H](C/C=C\CCCC(=O)O)CC[C@H]1SCCO. The summed E-state index contributed by atoms with van der Waals surface area (Å²) >= 11 is 1.87. The Bertz CT molecular complexity index is 450. The van der Waals surface area contributed by atoms with Crippen LogP contribution in [-0.4, -0.2) is 45.0 Å². The van der Waals surface area contributed by atoms with Crippen LogP contribution >= 0.6 is 11.8 Å². The first kappa shape index (κ1) is 24.3. The lowest BCUT2D eigenvalue weighted by molar-refractivity contribution is -0.137. The van der Waals surface area contributed by atoms with E-state index in [0.717, 1.165) is 44.3 Å². The van der Waals surface area contributed by atoms with Crippen molar-refractivity contribution in [1.82, 2.24) is 0 Å². The molecule has 4 atom stereocenters. The van der Waals surface area contributed by atoms with E-state index in [1.807, 2.05) is 11.8 Å². The lowest BCUT2D eigenvalue weighted by Gasteiger charge is -2.21. The summed E-state index contributed by atoms with van der Waals surface area (Å²) in [5.41, 5.74) is 0. The van der Waals surface area contributed by atoms with Gasteiger partial charge in [-0.05, 0) is 56.8 Å². The second-order valence-corrected chi connectivity index (χ2v) is 8.85. The molecule has 3 N–H and O–H groups in total. The van der Waals surface area contributed by atoms with Crippen LogP contribution in [0, 0.1) is 11.8 Å². The summed E-state index contributed by atoms with van der Waals surface area (Å²) in [5, 5.41) is 28.4. The van der Waals surface area contributed by atoms with Crippen LogP contribution in [0.5, 0.6) is 0 Å². The first-order chi connectivity index (χ1) is 13.1. The van der Waals surface area contributed by atoms with E-state index in [1.54, 1.807) is 0 Å². The Balaban J connectivity index is 2.50. The number of aliphatic hydroxyl groups is 2. The molecule has 0 radical (unpaired) electrons. The first-order valence-corrected chi connectivity index (χ1v) is 11.6. The smallest absolute Gasteiger partial charge is 0.303 e. The van der Waals surface area contributed by atoms with Gasteiger partial charge in [-0.15, -0.1) is 0 Å². The van der Waals surface area contributed by atoms with E-state index in [4.69, 9.17) is 10.2 Å². The van der Waals surface area contributed by atoms with E-state index in [9.17, 15) is 9.90 Å². The molecule has 0 heterocycles. The summed E-state index contributed by atoms with van der Waals surface area (Å²) in [6.07, 6.45) is 17.5. The number of rotatable bonds is 15. The van der Waals surface area contributed by atoms with Crippen LogP contribution in [0.3, 0.4) is 0 Å². The molecule has 0 aromatic heterocycles. The average Bonchev–Trinajstić information content (AvgIpc) is 3.02. The molecule has 1 saturated carbocycles. The van der Waals surface area contributed by atoms with Crippen LogP contribution in [-0.2, 0) is 4.79 Å². The number of carbonyl (C=O) groups is 1. The number of aliphatic carboxylic acids is 1. The van der Waals surface area contributed by atoms with Gasteiger partial charge in [0.05, 0.1) is 12.7 Å². The van der Waals surface area contributed by atoms with Gasteiger partial charge in [0.2, 0.25) is 0 Å². The van der Waals surface area contributed by atoms with Gasteiger partial charge in [0.15, 0.2) is 0 Å². The third-order valence-corrected chi connectivity index (χ3v) is 6.64. The Labute approximate surface area is 169 Å². The van der Waals surface area contributed by atoms with E-state index in [0.29, 0.717) is 23.5 Å². The predicted molar refractivity (Wildman–Crippen MR) is 114 cm³/mol. The van der Waals surface area contributed by atoms with E-state index >= 15 is 0 Å². The van der Waals surface area contributed by atoms with Gasteiger partial charge in [-0.1, -0.05) is 44.1 Å². The van der Waals surface area contributed by atoms with Crippen LogP contribution in [0.1, 0.15) is 71.1 Å². The molecule has 1 fully saturated rings. The minimum atomic E-state index is -0.728. The summed E-state index contributed by atoms with van der Waals surface area (Å²) in [5.74, 6) is 1.14. The van der Waals surface area contributed by atoms with Crippen LogP contribution in [0.25, 0.3) is 0 Å². The van der Waals surface area contributed by atoms with E-state index in [2.05, 4.69) is 31.2 Å². The first-order valence-electron chi connectivity index (χ1n) is 10.5. The van der Waals surface area contributed by atoms with Crippen LogP contribution < -0.4 is 0 Å². The highest BCUT2D eigenvalue weighted by Gasteiger charge is 2.33. The fraction of sp³-hybridized carbons (Fsp3) is 0.773. The van der Waals surface area contributed by atoms with Crippen molar-refractivity contribution in [3.05, 3.63) is 24.3 Å². The van der Waals surface area contributed by atoms with Crippen molar-refractivity contribution in [2.24, 2.45) is 11.8 Å². The summed E-state index contributed by atoms with van der Waals surface area (Å²) in [6, 6.07) is 0. The van der Waals surface area contributed by atoms with Crippen LogP contribution in [0.4, 0.5) is 0 Å². The van der Waals surface area contributed by atoms with Crippen molar-refractivity contribution in [1.29, 1.82) is 0 Å². The van der Waals surface area contributed by atoms with E-state index < -0.39 is 5.97 Å². The Morgan fingerprint density at radius 2 is 2.04 bits per heavy atom. The Morgan fingerprint density at radius 3 is 2.74 bits per heavy atom. The Morgan fingerprint density at radius 1 is 1.22 bits per heavy atom. The minimum Gasteiger partial charge on any atom is -0.481 e. The molecular formula is C22H38O4S. The zero-order valence-electron chi connectivity index (χ0n) is 16.8. The lowest BCUT2D eigenvalue weighted by Crippen LogP contribution is -2.15. The Hall–Kier alpha value is -0.780. The third kappa shape index (κ3) is 11.0. The summed E-state index contributed by atoms with van der Waals surface area (Å²) < 4.78 is 0. The van der Waals surface area contributed by atoms with Crippen molar-refractivity contribution < 1.29 is 20.1 Å². The zero-order valence-corrected chi connectivity index (χ0v) is 17.6. The van der Waals surface area contributed by atoms with Gasteiger partial charge < -0.3 is 15.3 Å². The number of hydrogen-bond acceptors (Lipinski definition) is 4. The number of carboxylic acids is 1. The molecule has 156 valence electrons. The molecule has 0 aliphatic heterocycles. The largest absolute Gasteiger partial charge is 0.481 e. The molecule has 27 heavy (non-hydrogen) atoms. The van der Waals surface area contributed by atoms with Crippen LogP contribution in [0.2, 0.25) is 0 Å². The molecule has 0 bridgehead atoms. The molecule has 1 aliphatic carbocycles. The molecule has 0 aromatic rings. The normalized spacial score (nSPS) is 24.2. The highest BCUT2D eigenvalue weighted by molar-refractivity contribution is 7.99. The van der Waals surface area contributed by atoms with Gasteiger partial charge in [0.25, 0.3) is 0 Å². The maximum Gasteiger partial charge on any atom is 0.303 e. The van der Waals surface area contributed by atoms with Crippen LogP contribution in [0.15, 0.2) is 24.3 Å². The van der Waals surface area contributed by atoms with Gasteiger partial charge in [-0.3, -0.25) is 4.79 Å². The van der Waals surface area contributed by atoms with Gasteiger partial charge in [-0.2, -0.15) is 11.8 Å². The van der Waals surface area contributed by atoms with E-state index in [1.165, 1.54) is 12.8 Å². The van der Waals surface area contributed by atoms with Crippen molar-refractivity contribution in [2.45, 2.75) is 82.5 Å². The number of thioether (sulfide) groups is 1. The monoisotopic (exact) mass is 398 g/mol. The zero-order chi connectivity index (χ0) is 19.9. The number of unbranched alkanes of at least 4 members (excludes halogenated alkanes) is 2. The molecule has 5 heteroatoms. The fourth-order valence-electron chi connectivity index (χ4n) is 3.73. The third-order valence-electron chi connectivity index (χ3n) is 5.24. The highest BCUT2D eigenvalue weighted by atomic mass is 32.2. The fourth-order valence-corrected chi connectivity index (χ4v) is 4.98. The van der Waals surface area contributed by atoms with Crippen molar-refractivity contribution in [3.63, 3.8) is 0 Å². The molecular weight excluding hydrogens is 360 g/mol. The number of allylic oxidation sites excluding steroid dienone is 3. The number of carboxylic acid groups (broad SMARTS) is 1. The molecule has 4 nitrogen and oxygen atoms in total. The van der Waals surface area contributed by atoms with Gasteiger partial charge in [0, 0.05) is 17.4 Å². The van der Waals surface area contributed by atoms with Gasteiger partial charge in [0.1, 0.15) is 0 Å². The summed E-state index contributed by atoms with van der Waals surface area (Å²) in [6.45, 7) is 2.37. The van der Waals surface area contributed by atoms with Crippen molar-refractivity contribution in [3.8, 4) is 0 Å². The second kappa shape index (κ2) is 15.2. The van der Waals surface area contributed by atoms with E-state index in [-0.39, 0.29) is 19.1 Å². The van der Waals surface area contributed by atoms with Gasteiger partial charge in [-0.25, -0.2) is 0 Å². The molecule has 1 aliphatic rings. The molecule has 0 unspecified atom stereocenters. The topological polar surface area (TPSA) is 77.8 Å². The predicted octanol–water partition coefficient (Wildman–Crippen LogP) is 4.81. The summed E-state index contributed by atoms with van der Waals surface area (Å²) in [7, 11) is 0. The minimum absolute atomic E-state index is 0.224. The van der Waals surface area contributed by atoms with Crippen molar-refractivity contribution >= 4 is 17.7 Å². The average molecular weight is 399 g/mol. The molecule has 0 amide bonds. The molecule has 0 saturated heterocycles. The molecule has 0 aromatic carbocycles. The Kier molecular flexibility index (Phi) is 13.6. The maximum absolute atomic E-state index is 10.5. The quantitative estimate of drug-likeness (QED) is 0.273. The molecule has 1 rings (SSSR count). The number of aliphatic hydroxyl groups excluding tert-OH is 2. The lowest BCUT2D eigenvalue weighted by atomic mass is 9.91. The summed E-state index contributed by atoms with van der Waals surface area (Å²) in [4.78, 5) is 10.5.